The van der Waals surface area contributed by atoms with Crippen molar-refractivity contribution in [2.45, 2.75) is 26.3 Å². The van der Waals surface area contributed by atoms with E-state index in [1.54, 1.807) is 32.9 Å². The van der Waals surface area contributed by atoms with Crippen LogP contribution < -0.4 is 5.32 Å². The monoisotopic (exact) mass is 262 g/mol. The minimum absolute atomic E-state index is 0.121. The quantitative estimate of drug-likeness (QED) is 0.615. The van der Waals surface area contributed by atoms with Gasteiger partial charge in [-0.2, -0.15) is 0 Å². The lowest BCUT2D eigenvalue weighted by atomic mass is 10.0. The Bertz CT molecular complexity index is 564. The highest BCUT2D eigenvalue weighted by molar-refractivity contribution is 6.31. The molecule has 4 amide bonds. The van der Waals surface area contributed by atoms with Crippen molar-refractivity contribution < 1.29 is 18.8 Å². The van der Waals surface area contributed by atoms with E-state index in [9.17, 15) is 14.4 Å². The summed E-state index contributed by atoms with van der Waals surface area (Å²) in [6.07, 6.45) is 2.76. The number of hydrogen-bond acceptors (Lipinski definition) is 4. The number of carbonyl (C=O) groups is 3. The predicted octanol–water partition coefficient (Wildman–Crippen LogP) is 1.54. The first kappa shape index (κ1) is 13.1. The number of carbonyl (C=O) groups excluding carboxylic acids is 3. The zero-order valence-corrected chi connectivity index (χ0v) is 10.9. The fourth-order valence-electron chi connectivity index (χ4n) is 1.78. The number of hydrogen-bond donors (Lipinski definition) is 1. The first-order valence-corrected chi connectivity index (χ1v) is 5.76. The molecular weight excluding hydrogens is 248 g/mol. The van der Waals surface area contributed by atoms with Crippen LogP contribution in [0.15, 0.2) is 28.4 Å². The van der Waals surface area contributed by atoms with Gasteiger partial charge in [-0.15, -0.1) is 0 Å². The van der Waals surface area contributed by atoms with E-state index in [2.05, 4.69) is 5.32 Å². The van der Waals surface area contributed by atoms with E-state index in [-0.39, 0.29) is 5.57 Å². The molecule has 1 aliphatic heterocycles. The Labute approximate surface area is 110 Å². The third-order valence-corrected chi connectivity index (χ3v) is 2.60. The molecule has 1 aliphatic rings. The number of barbiturate groups is 1. The van der Waals surface area contributed by atoms with Crippen molar-refractivity contribution in [2.24, 2.45) is 0 Å². The molecule has 0 aromatic carbocycles. The van der Waals surface area contributed by atoms with E-state index >= 15 is 0 Å². The van der Waals surface area contributed by atoms with Gasteiger partial charge in [0.05, 0.1) is 6.26 Å². The predicted molar refractivity (Wildman–Crippen MR) is 66.8 cm³/mol. The van der Waals surface area contributed by atoms with Crippen LogP contribution in [0.5, 0.6) is 0 Å². The molecule has 0 radical (unpaired) electrons. The summed E-state index contributed by atoms with van der Waals surface area (Å²) in [4.78, 5) is 36.7. The van der Waals surface area contributed by atoms with E-state index in [1.165, 1.54) is 12.3 Å². The number of furan rings is 1. The molecule has 19 heavy (non-hydrogen) atoms. The number of amides is 4. The Morgan fingerprint density at radius 3 is 2.47 bits per heavy atom. The standard InChI is InChI=1S/C13H14N2O4/c1-13(2,3)15-11(17)9(10(16)14-12(15)18)7-8-5-4-6-19-8/h4-7H,1-3H3,(H,14,16,18)/b9-7+. The van der Waals surface area contributed by atoms with Crippen LogP contribution in [0.25, 0.3) is 6.08 Å². The topological polar surface area (TPSA) is 79.6 Å². The fourth-order valence-corrected chi connectivity index (χ4v) is 1.78. The van der Waals surface area contributed by atoms with E-state index in [4.69, 9.17) is 4.42 Å². The maximum absolute atomic E-state index is 12.3. The van der Waals surface area contributed by atoms with Crippen molar-refractivity contribution in [3.05, 3.63) is 29.7 Å². The van der Waals surface area contributed by atoms with Gasteiger partial charge < -0.3 is 4.42 Å². The van der Waals surface area contributed by atoms with Crippen molar-refractivity contribution in [3.63, 3.8) is 0 Å². The lowest BCUT2D eigenvalue weighted by Gasteiger charge is -2.36. The molecule has 6 nitrogen and oxygen atoms in total. The molecule has 1 aromatic rings. The van der Waals surface area contributed by atoms with E-state index < -0.39 is 23.4 Å². The van der Waals surface area contributed by atoms with Crippen LogP contribution in [-0.2, 0) is 9.59 Å². The summed E-state index contributed by atoms with van der Waals surface area (Å²) in [6.45, 7) is 5.14. The Kier molecular flexibility index (Phi) is 3.01. The zero-order chi connectivity index (χ0) is 14.2. The highest BCUT2D eigenvalue weighted by atomic mass is 16.3. The summed E-state index contributed by atoms with van der Waals surface area (Å²) >= 11 is 0. The average Bonchev–Trinajstić information content (AvgIpc) is 2.74. The molecule has 2 rings (SSSR count). The van der Waals surface area contributed by atoms with Gasteiger partial charge in [-0.1, -0.05) is 0 Å². The largest absolute Gasteiger partial charge is 0.465 e. The normalized spacial score (nSPS) is 19.0. The summed E-state index contributed by atoms with van der Waals surface area (Å²) in [6, 6.07) is 2.55. The molecule has 2 heterocycles. The number of rotatable bonds is 1. The summed E-state index contributed by atoms with van der Waals surface area (Å²) in [5, 5.41) is 2.15. The van der Waals surface area contributed by atoms with Crippen LogP contribution in [0.1, 0.15) is 26.5 Å². The van der Waals surface area contributed by atoms with Crippen LogP contribution in [0.4, 0.5) is 4.79 Å². The highest BCUT2D eigenvalue weighted by Gasteiger charge is 2.41. The summed E-state index contributed by atoms with van der Waals surface area (Å²) in [5.41, 5.74) is -0.839. The second-order valence-corrected chi connectivity index (χ2v) is 5.14. The molecule has 1 fully saturated rings. The lowest BCUT2D eigenvalue weighted by Crippen LogP contribution is -2.60. The molecule has 0 unspecified atom stereocenters. The Morgan fingerprint density at radius 1 is 1.26 bits per heavy atom. The van der Waals surface area contributed by atoms with E-state index in [0.29, 0.717) is 5.76 Å². The van der Waals surface area contributed by atoms with Gasteiger partial charge in [0, 0.05) is 5.54 Å². The third kappa shape index (κ3) is 2.42. The first-order valence-electron chi connectivity index (χ1n) is 5.76. The average molecular weight is 262 g/mol. The van der Waals surface area contributed by atoms with Gasteiger partial charge >= 0.3 is 6.03 Å². The summed E-state index contributed by atoms with van der Waals surface area (Å²) < 4.78 is 5.07. The van der Waals surface area contributed by atoms with Crippen LogP contribution in [0, 0.1) is 0 Å². The zero-order valence-electron chi connectivity index (χ0n) is 10.9. The van der Waals surface area contributed by atoms with E-state index in [0.717, 1.165) is 4.90 Å². The number of urea groups is 1. The minimum Gasteiger partial charge on any atom is -0.465 e. The Hall–Kier alpha value is -2.37. The summed E-state index contributed by atoms with van der Waals surface area (Å²) in [7, 11) is 0. The number of nitrogens with zero attached hydrogens (tertiary/aromatic N) is 1. The highest BCUT2D eigenvalue weighted by Crippen LogP contribution is 2.22. The van der Waals surface area contributed by atoms with Gasteiger partial charge in [0.1, 0.15) is 11.3 Å². The first-order chi connectivity index (χ1) is 8.80. The van der Waals surface area contributed by atoms with Crippen LogP contribution in [0.3, 0.4) is 0 Å². The van der Waals surface area contributed by atoms with Crippen molar-refractivity contribution >= 4 is 23.9 Å². The Morgan fingerprint density at radius 2 is 1.95 bits per heavy atom. The maximum atomic E-state index is 12.3. The number of imide groups is 2. The minimum atomic E-state index is -0.718. The summed E-state index contributed by atoms with van der Waals surface area (Å²) in [5.74, 6) is -0.966. The Balaban J connectivity index is 2.42. The van der Waals surface area contributed by atoms with Crippen molar-refractivity contribution in [1.82, 2.24) is 10.2 Å². The molecule has 0 spiro atoms. The fraction of sp³-hybridized carbons (Fsp3) is 0.308. The molecule has 0 atom stereocenters. The van der Waals surface area contributed by atoms with Crippen LogP contribution >= 0.6 is 0 Å². The van der Waals surface area contributed by atoms with E-state index in [1.807, 2.05) is 0 Å². The molecule has 100 valence electrons. The molecule has 0 aliphatic carbocycles. The number of nitrogens with one attached hydrogen (secondary N) is 1. The maximum Gasteiger partial charge on any atom is 0.331 e. The van der Waals surface area contributed by atoms with Crippen molar-refractivity contribution in [2.75, 3.05) is 0 Å². The molecule has 0 saturated carbocycles. The molecule has 1 aromatic heterocycles. The van der Waals surface area contributed by atoms with Gasteiger partial charge in [-0.25, -0.2) is 4.79 Å². The molecule has 0 bridgehead atoms. The SMILES string of the molecule is CC(C)(C)N1C(=O)NC(=O)/C(=C\c2ccco2)C1=O. The second kappa shape index (κ2) is 4.38. The third-order valence-electron chi connectivity index (χ3n) is 2.60. The van der Waals surface area contributed by atoms with Crippen LogP contribution in [-0.4, -0.2) is 28.3 Å². The second-order valence-electron chi connectivity index (χ2n) is 5.14. The smallest absolute Gasteiger partial charge is 0.331 e. The van der Waals surface area contributed by atoms with Gasteiger partial charge in [0.25, 0.3) is 11.8 Å². The lowest BCUT2D eigenvalue weighted by molar-refractivity contribution is -0.133. The van der Waals surface area contributed by atoms with Crippen molar-refractivity contribution in [1.29, 1.82) is 0 Å². The van der Waals surface area contributed by atoms with Crippen LogP contribution in [0.2, 0.25) is 0 Å². The van der Waals surface area contributed by atoms with Gasteiger partial charge in [0.15, 0.2) is 0 Å². The molecular formula is C13H14N2O4. The van der Waals surface area contributed by atoms with Gasteiger partial charge in [-0.05, 0) is 39.0 Å². The van der Waals surface area contributed by atoms with Gasteiger partial charge in [-0.3, -0.25) is 19.8 Å². The molecule has 1 saturated heterocycles. The molecule has 1 N–H and O–H groups in total. The van der Waals surface area contributed by atoms with Gasteiger partial charge in [0.2, 0.25) is 0 Å². The molecule has 6 heteroatoms. The van der Waals surface area contributed by atoms with Crippen molar-refractivity contribution in [3.8, 4) is 0 Å².